The lowest BCUT2D eigenvalue weighted by atomic mass is 10.2. The van der Waals surface area contributed by atoms with Gasteiger partial charge in [-0.15, -0.1) is 0 Å². The molecule has 27 heavy (non-hydrogen) atoms. The van der Waals surface area contributed by atoms with Crippen molar-refractivity contribution in [2.24, 2.45) is 0 Å². The lowest BCUT2D eigenvalue weighted by Crippen LogP contribution is -1.84. The molecule has 0 unspecified atom stereocenters. The smallest absolute Gasteiger partial charge is 0.161 e. The van der Waals surface area contributed by atoms with E-state index in [0.29, 0.717) is 17.2 Å². The number of nitrogens with one attached hydrogen (secondary N) is 1. The minimum Gasteiger partial charge on any atom is -0.450 e. The van der Waals surface area contributed by atoms with Gasteiger partial charge in [0.05, 0.1) is 16.6 Å². The summed E-state index contributed by atoms with van der Waals surface area (Å²) in [5.74, 6) is 1.93. The molecule has 2 aromatic carbocycles. The van der Waals surface area contributed by atoms with E-state index in [2.05, 4.69) is 16.0 Å². The van der Waals surface area contributed by atoms with Crippen LogP contribution in [0.1, 0.15) is 17.1 Å². The lowest BCUT2D eigenvalue weighted by molar-refractivity contribution is 0.466. The highest BCUT2D eigenvalue weighted by Gasteiger charge is 2.09. The number of imidazole rings is 1. The second-order valence-electron chi connectivity index (χ2n) is 5.84. The first kappa shape index (κ1) is 17.5. The van der Waals surface area contributed by atoms with Gasteiger partial charge in [-0.1, -0.05) is 47.6 Å². The monoisotopic (exact) mass is 391 g/mol. The number of halogens is 1. The Morgan fingerprint density at radius 1 is 1.15 bits per heavy atom. The molecule has 0 amide bonds. The average molecular weight is 392 g/mol. The van der Waals surface area contributed by atoms with Crippen LogP contribution in [0.15, 0.2) is 70.2 Å². The molecule has 4 rings (SSSR count). The zero-order valence-electron chi connectivity index (χ0n) is 14.1. The lowest BCUT2D eigenvalue weighted by Gasteiger charge is -1.99. The molecule has 2 aromatic heterocycles. The number of thioether (sulfide) groups is 1. The molecule has 0 radical (unpaired) electrons. The summed E-state index contributed by atoms with van der Waals surface area (Å²) in [5.41, 5.74) is 3.31. The molecule has 0 aliphatic rings. The molecule has 0 aliphatic heterocycles. The molecule has 2 heterocycles. The van der Waals surface area contributed by atoms with E-state index in [1.807, 2.05) is 60.7 Å². The van der Waals surface area contributed by atoms with Gasteiger partial charge in [0, 0.05) is 16.9 Å². The molecular formula is C21H14ClN3OS. The zero-order valence-corrected chi connectivity index (χ0v) is 15.7. The maximum absolute atomic E-state index is 9.51. The largest absolute Gasteiger partial charge is 0.450 e. The van der Waals surface area contributed by atoms with E-state index in [0.717, 1.165) is 32.5 Å². The normalized spacial score (nSPS) is 11.6. The number of allylic oxidation sites excluding steroid dienone is 1. The molecule has 0 fully saturated rings. The maximum atomic E-state index is 9.51. The summed E-state index contributed by atoms with van der Waals surface area (Å²) < 4.78 is 5.82. The van der Waals surface area contributed by atoms with E-state index in [1.165, 1.54) is 0 Å². The number of H-pyrrole nitrogens is 1. The van der Waals surface area contributed by atoms with Crippen molar-refractivity contribution in [3.8, 4) is 6.07 Å². The van der Waals surface area contributed by atoms with E-state index < -0.39 is 0 Å². The fraction of sp³-hybridized carbons (Fsp3) is 0.0476. The van der Waals surface area contributed by atoms with Gasteiger partial charge in [-0.05, 0) is 42.0 Å². The Morgan fingerprint density at radius 2 is 1.96 bits per heavy atom. The number of rotatable bonds is 5. The van der Waals surface area contributed by atoms with Crippen LogP contribution in [0.2, 0.25) is 5.02 Å². The molecule has 4 aromatic rings. The number of furan rings is 1. The van der Waals surface area contributed by atoms with E-state index in [9.17, 15) is 5.26 Å². The maximum Gasteiger partial charge on any atom is 0.161 e. The fourth-order valence-corrected chi connectivity index (χ4v) is 3.55. The van der Waals surface area contributed by atoms with Gasteiger partial charge in [-0.25, -0.2) is 4.98 Å². The fourth-order valence-electron chi connectivity index (χ4n) is 2.60. The Kier molecular flexibility index (Phi) is 5.01. The highest BCUT2D eigenvalue weighted by atomic mass is 35.5. The number of para-hydroxylation sites is 2. The number of hydrogen-bond donors (Lipinski definition) is 1. The number of nitriles is 1. The van der Waals surface area contributed by atoms with Gasteiger partial charge >= 0.3 is 0 Å². The summed E-state index contributed by atoms with van der Waals surface area (Å²) >= 11 is 7.49. The second kappa shape index (κ2) is 7.75. The third kappa shape index (κ3) is 4.08. The van der Waals surface area contributed by atoms with Crippen molar-refractivity contribution in [3.63, 3.8) is 0 Å². The van der Waals surface area contributed by atoms with Gasteiger partial charge in [0.2, 0.25) is 0 Å². The van der Waals surface area contributed by atoms with E-state index in [4.69, 9.17) is 16.0 Å². The molecule has 0 aliphatic carbocycles. The molecule has 0 saturated heterocycles. The number of nitrogens with zero attached hydrogens (tertiary/aromatic N) is 2. The molecule has 6 heteroatoms. The highest BCUT2D eigenvalue weighted by molar-refractivity contribution is 7.98. The van der Waals surface area contributed by atoms with Crippen molar-refractivity contribution in [1.82, 2.24) is 9.97 Å². The van der Waals surface area contributed by atoms with Crippen molar-refractivity contribution >= 4 is 46.0 Å². The van der Waals surface area contributed by atoms with Gasteiger partial charge in [0.25, 0.3) is 0 Å². The third-order valence-corrected chi connectivity index (χ3v) is 5.18. The van der Waals surface area contributed by atoms with Gasteiger partial charge in [-0.3, -0.25) is 0 Å². The van der Waals surface area contributed by atoms with Crippen molar-refractivity contribution in [1.29, 1.82) is 5.26 Å². The summed E-state index contributed by atoms with van der Waals surface area (Å²) in [4.78, 5) is 7.63. The minimum atomic E-state index is 0.426. The summed E-state index contributed by atoms with van der Waals surface area (Å²) in [5, 5.41) is 11.0. The first-order valence-electron chi connectivity index (χ1n) is 8.25. The molecule has 0 saturated carbocycles. The molecule has 0 bridgehead atoms. The van der Waals surface area contributed by atoms with Gasteiger partial charge < -0.3 is 9.40 Å². The van der Waals surface area contributed by atoms with Crippen LogP contribution in [-0.4, -0.2) is 9.97 Å². The molecule has 4 nitrogen and oxygen atoms in total. The third-order valence-electron chi connectivity index (χ3n) is 3.95. The minimum absolute atomic E-state index is 0.426. The predicted octanol–water partition coefficient (Wildman–Crippen LogP) is 6.17. The second-order valence-corrected chi connectivity index (χ2v) is 7.26. The van der Waals surface area contributed by atoms with Crippen LogP contribution < -0.4 is 0 Å². The number of hydrogen-bond acceptors (Lipinski definition) is 4. The highest BCUT2D eigenvalue weighted by Crippen LogP contribution is 2.27. The quantitative estimate of drug-likeness (QED) is 0.326. The van der Waals surface area contributed by atoms with Crippen molar-refractivity contribution in [2.45, 2.75) is 10.8 Å². The van der Waals surface area contributed by atoms with Crippen LogP contribution in [0.3, 0.4) is 0 Å². The molecule has 0 atom stereocenters. The Hall–Kier alpha value is -2.94. The van der Waals surface area contributed by atoms with Gasteiger partial charge in [-0.2, -0.15) is 5.26 Å². The van der Waals surface area contributed by atoms with Crippen molar-refractivity contribution in [3.05, 3.63) is 82.8 Å². The van der Waals surface area contributed by atoms with E-state index in [-0.39, 0.29) is 0 Å². The number of benzene rings is 2. The average Bonchev–Trinajstić information content (AvgIpc) is 3.32. The Morgan fingerprint density at radius 3 is 2.74 bits per heavy atom. The Labute approximate surface area is 165 Å². The van der Waals surface area contributed by atoms with Gasteiger partial charge in [0.15, 0.2) is 5.09 Å². The van der Waals surface area contributed by atoms with E-state index in [1.54, 1.807) is 17.8 Å². The first-order valence-corrected chi connectivity index (χ1v) is 9.61. The number of fused-ring (bicyclic) bond motifs is 1. The molecule has 1 N–H and O–H groups in total. The van der Waals surface area contributed by atoms with Crippen LogP contribution >= 0.6 is 23.4 Å². The van der Waals surface area contributed by atoms with Crippen LogP contribution in [0.25, 0.3) is 22.7 Å². The van der Waals surface area contributed by atoms with Crippen LogP contribution in [0.4, 0.5) is 0 Å². The summed E-state index contributed by atoms with van der Waals surface area (Å²) in [6.45, 7) is 0. The predicted molar refractivity (Wildman–Crippen MR) is 109 cm³/mol. The van der Waals surface area contributed by atoms with Crippen LogP contribution in [0, 0.1) is 11.3 Å². The topological polar surface area (TPSA) is 65.6 Å². The Balaban J connectivity index is 1.51. The number of aromatic nitrogens is 2. The molecular weight excluding hydrogens is 378 g/mol. The standard InChI is InChI=1S/C21H14ClN3OS/c22-16-7-5-14(6-8-16)13-27-20-10-9-17(26-20)11-15(12-23)21-24-18-3-1-2-4-19(18)25-21/h1-11H,13H2,(H,24,25). The van der Waals surface area contributed by atoms with E-state index >= 15 is 0 Å². The number of aromatic amines is 1. The zero-order chi connectivity index (χ0) is 18.6. The Bertz CT molecular complexity index is 1120. The summed E-state index contributed by atoms with van der Waals surface area (Å²) in [7, 11) is 0. The van der Waals surface area contributed by atoms with Gasteiger partial charge in [0.1, 0.15) is 17.7 Å². The molecule has 132 valence electrons. The first-order chi connectivity index (χ1) is 13.2. The summed E-state index contributed by atoms with van der Waals surface area (Å²) in [6, 6.07) is 21.4. The van der Waals surface area contributed by atoms with Crippen molar-refractivity contribution in [2.75, 3.05) is 0 Å². The SMILES string of the molecule is N#CC(=Cc1ccc(SCc2ccc(Cl)cc2)o1)c1nc2ccccc2[nH]1. The van der Waals surface area contributed by atoms with Crippen LogP contribution in [-0.2, 0) is 5.75 Å². The van der Waals surface area contributed by atoms with Crippen LogP contribution in [0.5, 0.6) is 0 Å². The van der Waals surface area contributed by atoms with Crippen molar-refractivity contribution < 1.29 is 4.42 Å². The molecule has 0 spiro atoms. The summed E-state index contributed by atoms with van der Waals surface area (Å²) in [6.07, 6.45) is 1.70.